The van der Waals surface area contributed by atoms with E-state index in [-0.39, 0.29) is 12.6 Å². The molecule has 7 nitrogen and oxygen atoms in total. The molecule has 1 heterocycles. The van der Waals surface area contributed by atoms with Crippen LogP contribution in [0.15, 0.2) is 24.3 Å². The Morgan fingerprint density at radius 2 is 1.96 bits per heavy atom. The number of hydrogen-bond acceptors (Lipinski definition) is 7. The minimum absolute atomic E-state index is 0.100. The Morgan fingerprint density at radius 1 is 1.16 bits per heavy atom. The van der Waals surface area contributed by atoms with Gasteiger partial charge in [0.25, 0.3) is 0 Å². The number of aryl methyl sites for hydroxylation is 1. The van der Waals surface area contributed by atoms with Gasteiger partial charge in [-0.05, 0) is 32.9 Å². The fourth-order valence-corrected chi connectivity index (χ4v) is 2.35. The van der Waals surface area contributed by atoms with E-state index >= 15 is 0 Å². The van der Waals surface area contributed by atoms with Crippen molar-refractivity contribution in [1.29, 1.82) is 0 Å². The van der Waals surface area contributed by atoms with E-state index in [0.717, 1.165) is 0 Å². The molecular formula is C18H23N3O4. The summed E-state index contributed by atoms with van der Waals surface area (Å²) in [5.74, 6) is 0.280. The number of rotatable bonds is 8. The van der Waals surface area contributed by atoms with Gasteiger partial charge in [-0.3, -0.25) is 0 Å². The van der Waals surface area contributed by atoms with E-state index < -0.39 is 5.97 Å². The Hall–Kier alpha value is -2.67. The molecule has 1 aromatic carbocycles. The minimum Gasteiger partial charge on any atom is -0.491 e. The highest BCUT2D eigenvalue weighted by molar-refractivity contribution is 5.97. The first-order valence-electron chi connectivity index (χ1n) is 8.19. The third-order valence-electron chi connectivity index (χ3n) is 3.39. The van der Waals surface area contributed by atoms with E-state index in [0.29, 0.717) is 48.1 Å². The molecule has 0 radical (unpaired) electrons. The topological polar surface area (TPSA) is 96.6 Å². The van der Waals surface area contributed by atoms with Crippen molar-refractivity contribution in [3.63, 3.8) is 0 Å². The molecule has 1 aromatic heterocycles. The van der Waals surface area contributed by atoms with Gasteiger partial charge in [0.15, 0.2) is 0 Å². The molecule has 2 aromatic rings. The third-order valence-corrected chi connectivity index (χ3v) is 3.39. The molecule has 0 saturated heterocycles. The van der Waals surface area contributed by atoms with Gasteiger partial charge >= 0.3 is 5.97 Å². The summed E-state index contributed by atoms with van der Waals surface area (Å²) in [5, 5.41) is 0. The maximum atomic E-state index is 12.3. The number of carbonyl (C=O) groups is 1. The number of benzene rings is 1. The van der Waals surface area contributed by atoms with Crippen LogP contribution < -0.4 is 10.5 Å². The summed E-state index contributed by atoms with van der Waals surface area (Å²) in [6.07, 6.45) is 0. The summed E-state index contributed by atoms with van der Waals surface area (Å²) in [4.78, 5) is 20.6. The lowest BCUT2D eigenvalue weighted by Gasteiger charge is -2.13. The fraction of sp³-hybridized carbons (Fsp3) is 0.389. The molecule has 2 rings (SSSR count). The van der Waals surface area contributed by atoms with Crippen molar-refractivity contribution in [2.45, 2.75) is 20.8 Å². The number of esters is 1. The predicted octanol–water partition coefficient (Wildman–Crippen LogP) is 2.63. The van der Waals surface area contributed by atoms with Crippen molar-refractivity contribution in [2.24, 2.45) is 0 Å². The molecule has 0 unspecified atom stereocenters. The van der Waals surface area contributed by atoms with Crippen LogP contribution in [0.2, 0.25) is 0 Å². The second kappa shape index (κ2) is 8.98. The Balaban J connectivity index is 2.35. The number of carbonyl (C=O) groups excluding carboxylic acids is 1. The zero-order valence-corrected chi connectivity index (χ0v) is 14.7. The van der Waals surface area contributed by atoms with Crippen molar-refractivity contribution >= 4 is 11.9 Å². The number of nitrogens with two attached hydrogens (primary N) is 1. The summed E-state index contributed by atoms with van der Waals surface area (Å²) in [5.41, 5.74) is 7.68. The number of anilines is 1. The van der Waals surface area contributed by atoms with Crippen LogP contribution in [-0.2, 0) is 9.47 Å². The Labute approximate surface area is 147 Å². The van der Waals surface area contributed by atoms with Crippen LogP contribution in [0.5, 0.6) is 5.75 Å². The van der Waals surface area contributed by atoms with Gasteiger partial charge < -0.3 is 19.9 Å². The normalized spacial score (nSPS) is 10.5. The van der Waals surface area contributed by atoms with Gasteiger partial charge in [-0.1, -0.05) is 12.1 Å². The number of hydrogen-bond donors (Lipinski definition) is 1. The lowest BCUT2D eigenvalue weighted by Crippen LogP contribution is -2.13. The smallest absolute Gasteiger partial charge is 0.342 e. The van der Waals surface area contributed by atoms with Crippen molar-refractivity contribution in [3.05, 3.63) is 35.5 Å². The van der Waals surface area contributed by atoms with Crippen molar-refractivity contribution in [3.8, 4) is 17.0 Å². The monoisotopic (exact) mass is 345 g/mol. The molecule has 0 aliphatic carbocycles. The molecule has 0 saturated carbocycles. The van der Waals surface area contributed by atoms with Crippen LogP contribution in [0.25, 0.3) is 11.3 Å². The van der Waals surface area contributed by atoms with E-state index in [1.54, 1.807) is 19.9 Å². The molecule has 134 valence electrons. The van der Waals surface area contributed by atoms with Crippen LogP contribution in [0, 0.1) is 6.92 Å². The maximum absolute atomic E-state index is 12.3. The number of ether oxygens (including phenoxy) is 3. The predicted molar refractivity (Wildman–Crippen MR) is 94.6 cm³/mol. The van der Waals surface area contributed by atoms with E-state index in [2.05, 4.69) is 9.97 Å². The number of aromatic nitrogens is 2. The standard InChI is InChI=1S/C18H23N3O4/c1-4-23-9-10-25-14-8-6-7-13(11-14)16-15(17(22)24-5-2)12(3)20-18(19)21-16/h6-8,11H,4-5,9-10H2,1-3H3,(H2,19,20,21). The maximum Gasteiger partial charge on any atom is 0.342 e. The highest BCUT2D eigenvalue weighted by atomic mass is 16.5. The van der Waals surface area contributed by atoms with Crippen LogP contribution in [-0.4, -0.2) is 42.4 Å². The third kappa shape index (κ3) is 4.90. The second-order valence-corrected chi connectivity index (χ2v) is 5.18. The average Bonchev–Trinajstić information content (AvgIpc) is 2.58. The molecule has 0 aliphatic heterocycles. The first-order chi connectivity index (χ1) is 12.1. The van der Waals surface area contributed by atoms with Crippen LogP contribution in [0.4, 0.5) is 5.95 Å². The van der Waals surface area contributed by atoms with Gasteiger partial charge in [0.2, 0.25) is 5.95 Å². The highest BCUT2D eigenvalue weighted by Crippen LogP contribution is 2.28. The van der Waals surface area contributed by atoms with E-state index in [9.17, 15) is 4.79 Å². The molecule has 0 bridgehead atoms. The molecular weight excluding hydrogens is 322 g/mol. The lowest BCUT2D eigenvalue weighted by atomic mass is 10.0. The van der Waals surface area contributed by atoms with Gasteiger partial charge in [-0.25, -0.2) is 14.8 Å². The molecule has 0 atom stereocenters. The van der Waals surface area contributed by atoms with Gasteiger partial charge in [0, 0.05) is 12.2 Å². The van der Waals surface area contributed by atoms with Crippen LogP contribution in [0.1, 0.15) is 29.9 Å². The molecule has 0 fully saturated rings. The Morgan fingerprint density at radius 3 is 2.68 bits per heavy atom. The van der Waals surface area contributed by atoms with Crippen LogP contribution >= 0.6 is 0 Å². The summed E-state index contributed by atoms with van der Waals surface area (Å²) < 4.78 is 16.0. The van der Waals surface area contributed by atoms with E-state index in [4.69, 9.17) is 19.9 Å². The zero-order chi connectivity index (χ0) is 18.2. The molecule has 0 aliphatic rings. The van der Waals surface area contributed by atoms with Gasteiger partial charge in [0.1, 0.15) is 17.9 Å². The molecule has 0 spiro atoms. The molecule has 25 heavy (non-hydrogen) atoms. The minimum atomic E-state index is -0.474. The summed E-state index contributed by atoms with van der Waals surface area (Å²) in [6.45, 7) is 7.24. The summed E-state index contributed by atoms with van der Waals surface area (Å²) >= 11 is 0. The van der Waals surface area contributed by atoms with Crippen molar-refractivity contribution in [1.82, 2.24) is 9.97 Å². The zero-order valence-electron chi connectivity index (χ0n) is 14.7. The summed E-state index contributed by atoms with van der Waals surface area (Å²) in [6, 6.07) is 7.29. The van der Waals surface area contributed by atoms with E-state index in [1.165, 1.54) is 0 Å². The first-order valence-corrected chi connectivity index (χ1v) is 8.19. The highest BCUT2D eigenvalue weighted by Gasteiger charge is 2.20. The Kier molecular flexibility index (Phi) is 6.71. The SMILES string of the molecule is CCOCCOc1cccc(-c2nc(N)nc(C)c2C(=O)OCC)c1. The quantitative estimate of drug-likeness (QED) is 0.580. The summed E-state index contributed by atoms with van der Waals surface area (Å²) in [7, 11) is 0. The lowest BCUT2D eigenvalue weighted by molar-refractivity contribution is 0.0525. The molecule has 2 N–H and O–H groups in total. The largest absolute Gasteiger partial charge is 0.491 e. The Bertz CT molecular complexity index is 734. The van der Waals surface area contributed by atoms with Crippen molar-refractivity contribution in [2.75, 3.05) is 32.2 Å². The number of nitrogen functional groups attached to an aromatic ring is 1. The average molecular weight is 345 g/mol. The first kappa shape index (κ1) is 18.7. The van der Waals surface area contributed by atoms with Gasteiger partial charge in [0.05, 0.1) is 24.6 Å². The molecule has 0 amide bonds. The van der Waals surface area contributed by atoms with Crippen molar-refractivity contribution < 1.29 is 19.0 Å². The fourth-order valence-electron chi connectivity index (χ4n) is 2.35. The van der Waals surface area contributed by atoms with E-state index in [1.807, 2.05) is 25.1 Å². The molecule has 7 heteroatoms. The van der Waals surface area contributed by atoms with Crippen LogP contribution in [0.3, 0.4) is 0 Å². The van der Waals surface area contributed by atoms with Gasteiger partial charge in [-0.15, -0.1) is 0 Å². The number of nitrogens with zero attached hydrogens (tertiary/aromatic N) is 2. The second-order valence-electron chi connectivity index (χ2n) is 5.18. The van der Waals surface area contributed by atoms with Gasteiger partial charge in [-0.2, -0.15) is 0 Å².